The number of aromatic amines is 1. The van der Waals surface area contributed by atoms with Gasteiger partial charge in [-0.1, -0.05) is 67.4 Å². The molecule has 1 unspecified atom stereocenters. The zero-order valence-corrected chi connectivity index (χ0v) is 16.7. The Morgan fingerprint density at radius 1 is 1.18 bits per heavy atom. The minimum Gasteiger partial charge on any atom is -0.335 e. The van der Waals surface area contributed by atoms with E-state index in [0.29, 0.717) is 11.0 Å². The van der Waals surface area contributed by atoms with Crippen LogP contribution in [0.2, 0.25) is 0 Å². The third kappa shape index (κ3) is 6.23. The summed E-state index contributed by atoms with van der Waals surface area (Å²) >= 11 is 1.20. The number of nitrogens with zero attached hydrogens (tertiary/aromatic N) is 2. The molecule has 1 heterocycles. The summed E-state index contributed by atoms with van der Waals surface area (Å²) in [5.74, 6) is 0.249. The van der Waals surface area contributed by atoms with Crippen molar-refractivity contribution in [3.8, 4) is 0 Å². The summed E-state index contributed by atoms with van der Waals surface area (Å²) in [7, 11) is 0. The van der Waals surface area contributed by atoms with Gasteiger partial charge in [-0.3, -0.25) is 15.2 Å². The molecule has 8 heteroatoms. The molecular formula is C20H25N5O2S. The third-order valence-corrected chi connectivity index (χ3v) is 5.50. The number of H-pyrrole nitrogens is 1. The number of carbonyl (C=O) groups excluding carboxylic acids is 2. The second-order valence-corrected chi connectivity index (χ2v) is 8.11. The van der Waals surface area contributed by atoms with Crippen molar-refractivity contribution in [3.05, 3.63) is 41.7 Å². The van der Waals surface area contributed by atoms with Crippen molar-refractivity contribution < 1.29 is 9.59 Å². The molecule has 1 fully saturated rings. The number of urea groups is 1. The van der Waals surface area contributed by atoms with E-state index in [1.165, 1.54) is 18.2 Å². The molecule has 0 saturated heterocycles. The number of imide groups is 1. The molecule has 28 heavy (non-hydrogen) atoms. The van der Waals surface area contributed by atoms with Crippen LogP contribution >= 0.6 is 11.8 Å². The van der Waals surface area contributed by atoms with Crippen LogP contribution in [0.5, 0.6) is 0 Å². The average molecular weight is 400 g/mol. The number of nitrogens with one attached hydrogen (secondary N) is 3. The van der Waals surface area contributed by atoms with Crippen molar-refractivity contribution in [2.45, 2.75) is 55.5 Å². The largest absolute Gasteiger partial charge is 0.335 e. The molecule has 3 amide bonds. The first-order valence-electron chi connectivity index (χ1n) is 9.54. The average Bonchev–Trinajstić information content (AvgIpc) is 3.15. The zero-order chi connectivity index (χ0) is 19.8. The smallest absolute Gasteiger partial charge is 0.321 e. The fourth-order valence-corrected chi connectivity index (χ4v) is 3.75. The highest BCUT2D eigenvalue weighted by Crippen LogP contribution is 2.20. The second-order valence-electron chi connectivity index (χ2n) is 6.80. The van der Waals surface area contributed by atoms with Gasteiger partial charge in [0.2, 0.25) is 11.1 Å². The maximum Gasteiger partial charge on any atom is 0.321 e. The molecule has 0 radical (unpaired) electrons. The van der Waals surface area contributed by atoms with E-state index in [1.807, 2.05) is 42.5 Å². The molecule has 148 valence electrons. The maximum absolute atomic E-state index is 12.2. The van der Waals surface area contributed by atoms with Gasteiger partial charge in [-0.25, -0.2) is 9.78 Å². The molecule has 1 atom stereocenters. The van der Waals surface area contributed by atoms with Crippen LogP contribution in [0.1, 0.15) is 50.4 Å². The van der Waals surface area contributed by atoms with Crippen molar-refractivity contribution in [2.24, 2.45) is 0 Å². The highest BCUT2D eigenvalue weighted by atomic mass is 32.2. The molecule has 3 rings (SSSR count). The number of carbonyl (C=O) groups is 2. The van der Waals surface area contributed by atoms with Crippen LogP contribution in [-0.4, -0.2) is 38.4 Å². The van der Waals surface area contributed by atoms with Gasteiger partial charge < -0.3 is 5.32 Å². The lowest BCUT2D eigenvalue weighted by atomic mass is 9.96. The first-order valence-corrected chi connectivity index (χ1v) is 10.4. The fraction of sp³-hybridized carbons (Fsp3) is 0.400. The van der Waals surface area contributed by atoms with Crippen molar-refractivity contribution in [1.29, 1.82) is 0 Å². The maximum atomic E-state index is 12.2. The van der Waals surface area contributed by atoms with Gasteiger partial charge >= 0.3 is 6.03 Å². The van der Waals surface area contributed by atoms with Gasteiger partial charge in [-0.15, -0.1) is 5.10 Å². The number of thioether (sulfide) groups is 1. The Labute approximate surface area is 168 Å². The van der Waals surface area contributed by atoms with E-state index in [0.717, 1.165) is 31.2 Å². The van der Waals surface area contributed by atoms with Crippen molar-refractivity contribution in [2.75, 3.05) is 0 Å². The van der Waals surface area contributed by atoms with Crippen LogP contribution in [0.3, 0.4) is 0 Å². The Hall–Kier alpha value is -2.61. The van der Waals surface area contributed by atoms with E-state index in [4.69, 9.17) is 0 Å². The SMILES string of the molecule is CC(Sc1n[nH]c(/C=C/c2ccccc2)n1)C(=O)NC(=O)NC1CCCCC1. The molecule has 1 aromatic heterocycles. The van der Waals surface area contributed by atoms with Crippen molar-refractivity contribution >= 4 is 35.9 Å². The van der Waals surface area contributed by atoms with Gasteiger partial charge in [0, 0.05) is 6.04 Å². The van der Waals surface area contributed by atoms with Crippen molar-refractivity contribution in [1.82, 2.24) is 25.8 Å². The third-order valence-electron chi connectivity index (χ3n) is 4.54. The predicted molar refractivity (Wildman–Crippen MR) is 111 cm³/mol. The Morgan fingerprint density at radius 2 is 1.93 bits per heavy atom. The van der Waals surface area contributed by atoms with E-state index >= 15 is 0 Å². The molecule has 0 bridgehead atoms. The second kappa shape index (κ2) is 10.1. The van der Waals surface area contributed by atoms with Gasteiger partial charge in [-0.2, -0.15) is 0 Å². The highest BCUT2D eigenvalue weighted by molar-refractivity contribution is 8.00. The standard InChI is InChI=1S/C20H25N5O2S/c1-14(18(26)23-19(27)21-16-10-6-3-7-11-16)28-20-22-17(24-25-20)13-12-15-8-4-2-5-9-15/h2,4-5,8-9,12-14,16H,3,6-7,10-11H2,1H3,(H,22,24,25)(H2,21,23,26,27)/b13-12+. The van der Waals surface area contributed by atoms with Gasteiger partial charge in [0.25, 0.3) is 0 Å². The normalized spacial score (nSPS) is 16.0. The lowest BCUT2D eigenvalue weighted by Crippen LogP contribution is -2.47. The molecule has 1 aliphatic rings. The minimum atomic E-state index is -0.487. The van der Waals surface area contributed by atoms with Crippen LogP contribution in [-0.2, 0) is 4.79 Å². The summed E-state index contributed by atoms with van der Waals surface area (Å²) in [6.45, 7) is 1.73. The Morgan fingerprint density at radius 3 is 2.68 bits per heavy atom. The summed E-state index contributed by atoms with van der Waals surface area (Å²) in [5, 5.41) is 12.2. The van der Waals surface area contributed by atoms with Gasteiger partial charge in [-0.05, 0) is 31.4 Å². The van der Waals surface area contributed by atoms with Gasteiger partial charge in [0.05, 0.1) is 5.25 Å². The zero-order valence-electron chi connectivity index (χ0n) is 15.9. The summed E-state index contributed by atoms with van der Waals surface area (Å²) in [6, 6.07) is 9.61. The number of aromatic nitrogens is 3. The topological polar surface area (TPSA) is 99.8 Å². The van der Waals surface area contributed by atoms with Gasteiger partial charge in [0.15, 0.2) is 0 Å². The Bertz CT molecular complexity index is 815. The van der Waals surface area contributed by atoms with E-state index in [-0.39, 0.29) is 11.9 Å². The molecule has 2 aromatic rings. The van der Waals surface area contributed by atoms with E-state index in [1.54, 1.807) is 6.92 Å². The van der Waals surface area contributed by atoms with Crippen LogP contribution in [0.25, 0.3) is 12.2 Å². The van der Waals surface area contributed by atoms with E-state index in [2.05, 4.69) is 25.8 Å². The molecule has 1 aromatic carbocycles. The summed E-state index contributed by atoms with van der Waals surface area (Å²) in [5.41, 5.74) is 1.06. The molecule has 1 aliphatic carbocycles. The number of amides is 3. The number of benzene rings is 1. The van der Waals surface area contributed by atoms with Crippen LogP contribution < -0.4 is 10.6 Å². The number of hydrogen-bond acceptors (Lipinski definition) is 5. The van der Waals surface area contributed by atoms with E-state index < -0.39 is 11.3 Å². The highest BCUT2D eigenvalue weighted by Gasteiger charge is 2.21. The van der Waals surface area contributed by atoms with Crippen LogP contribution in [0.4, 0.5) is 4.79 Å². The Kier molecular flexibility index (Phi) is 7.25. The Balaban J connectivity index is 1.46. The first-order chi connectivity index (χ1) is 13.6. The lowest BCUT2D eigenvalue weighted by Gasteiger charge is -2.22. The molecule has 7 nitrogen and oxygen atoms in total. The van der Waals surface area contributed by atoms with Gasteiger partial charge in [0.1, 0.15) is 5.82 Å². The molecule has 3 N–H and O–H groups in total. The lowest BCUT2D eigenvalue weighted by molar-refractivity contribution is -0.119. The fourth-order valence-electron chi connectivity index (χ4n) is 3.02. The molecule has 1 saturated carbocycles. The van der Waals surface area contributed by atoms with Crippen LogP contribution in [0, 0.1) is 0 Å². The first kappa shape index (κ1) is 20.1. The molecule has 0 aliphatic heterocycles. The molecule has 0 spiro atoms. The van der Waals surface area contributed by atoms with Crippen molar-refractivity contribution in [3.63, 3.8) is 0 Å². The van der Waals surface area contributed by atoms with E-state index in [9.17, 15) is 9.59 Å². The van der Waals surface area contributed by atoms with Crippen LogP contribution in [0.15, 0.2) is 35.5 Å². The number of rotatable bonds is 6. The summed E-state index contributed by atoms with van der Waals surface area (Å²) in [4.78, 5) is 28.6. The summed E-state index contributed by atoms with van der Waals surface area (Å²) in [6.07, 6.45) is 9.17. The molecular weight excluding hydrogens is 374 g/mol. The summed E-state index contributed by atoms with van der Waals surface area (Å²) < 4.78 is 0. The number of hydrogen-bond donors (Lipinski definition) is 3. The predicted octanol–water partition coefficient (Wildman–Crippen LogP) is 3.61. The minimum absolute atomic E-state index is 0.163. The quantitative estimate of drug-likeness (QED) is 0.644. The monoisotopic (exact) mass is 399 g/mol.